The molecule has 2 rings (SSSR count). The van der Waals surface area contributed by atoms with Gasteiger partial charge in [0, 0.05) is 0 Å². The van der Waals surface area contributed by atoms with E-state index in [1.807, 2.05) is 6.07 Å². The average Bonchev–Trinajstić information content (AvgIpc) is 2.50. The van der Waals surface area contributed by atoms with Crippen LogP contribution in [0, 0.1) is 0 Å². The van der Waals surface area contributed by atoms with E-state index in [0.717, 1.165) is 10.5 Å². The molecule has 7 nitrogen and oxygen atoms in total. The molecule has 1 aromatic carbocycles. The zero-order valence-electron chi connectivity index (χ0n) is 11.5. The molecule has 1 aromatic rings. The molecule has 0 saturated carbocycles. The van der Waals surface area contributed by atoms with Crippen molar-refractivity contribution >= 4 is 6.09 Å². The maximum Gasteiger partial charge on any atom is 0.412 e. The number of aliphatic hydroxyl groups is 4. The monoisotopic (exact) mass is 297 g/mol. The Bertz CT molecular complexity index is 466. The number of carbonyl (C=O) groups is 1. The number of likely N-dealkylation sites (tertiary alicyclic amines) is 1. The maximum atomic E-state index is 12.0. The number of rotatable bonds is 2. The summed E-state index contributed by atoms with van der Waals surface area (Å²) < 4.78 is 5.06. The highest BCUT2D eigenvalue weighted by atomic mass is 16.6. The molecule has 1 heterocycles. The summed E-state index contributed by atoms with van der Waals surface area (Å²) in [7, 11) is 0. The SMILES string of the molecule is C[C@H]1[C@H](O)[C@H](O)[C@@H](O)[C@@H](O)N1C(=O)OCc1ccccc1. The summed E-state index contributed by atoms with van der Waals surface area (Å²) in [5.74, 6) is 0. The molecule has 1 saturated heterocycles. The number of carbonyl (C=O) groups excluding carboxylic acids is 1. The minimum Gasteiger partial charge on any atom is -0.444 e. The fraction of sp³-hybridized carbons (Fsp3) is 0.500. The van der Waals surface area contributed by atoms with E-state index in [1.54, 1.807) is 24.3 Å². The normalized spacial score (nSPS) is 32.8. The Morgan fingerprint density at radius 1 is 1.10 bits per heavy atom. The van der Waals surface area contributed by atoms with Crippen LogP contribution in [-0.2, 0) is 11.3 Å². The maximum absolute atomic E-state index is 12.0. The highest BCUT2D eigenvalue weighted by molar-refractivity contribution is 5.68. The first-order chi connectivity index (χ1) is 9.93. The van der Waals surface area contributed by atoms with Crippen LogP contribution in [0.4, 0.5) is 4.79 Å². The highest BCUT2D eigenvalue weighted by Gasteiger charge is 2.47. The van der Waals surface area contributed by atoms with Crippen LogP contribution in [0.2, 0.25) is 0 Å². The fourth-order valence-electron chi connectivity index (χ4n) is 2.30. The third-order valence-corrected chi connectivity index (χ3v) is 3.64. The van der Waals surface area contributed by atoms with Gasteiger partial charge in [-0.2, -0.15) is 0 Å². The van der Waals surface area contributed by atoms with E-state index in [1.165, 1.54) is 6.92 Å². The number of benzene rings is 1. The molecule has 0 radical (unpaired) electrons. The van der Waals surface area contributed by atoms with Gasteiger partial charge in [0.25, 0.3) is 0 Å². The molecule has 5 atom stereocenters. The van der Waals surface area contributed by atoms with Crippen LogP contribution < -0.4 is 0 Å². The molecule has 1 aliphatic rings. The average molecular weight is 297 g/mol. The molecule has 7 heteroatoms. The summed E-state index contributed by atoms with van der Waals surface area (Å²) in [6.45, 7) is 1.46. The van der Waals surface area contributed by atoms with E-state index in [9.17, 15) is 25.2 Å². The summed E-state index contributed by atoms with van der Waals surface area (Å²) in [5, 5.41) is 38.8. The molecule has 0 aromatic heterocycles. The number of aliphatic hydroxyl groups excluding tert-OH is 4. The number of piperidine rings is 1. The predicted molar refractivity (Wildman–Crippen MR) is 72.0 cm³/mol. The van der Waals surface area contributed by atoms with Crippen molar-refractivity contribution in [2.75, 3.05) is 0 Å². The molecule has 0 bridgehead atoms. The van der Waals surface area contributed by atoms with Gasteiger partial charge in [-0.1, -0.05) is 30.3 Å². The van der Waals surface area contributed by atoms with E-state index in [0.29, 0.717) is 0 Å². The zero-order valence-corrected chi connectivity index (χ0v) is 11.5. The Morgan fingerprint density at radius 2 is 1.71 bits per heavy atom. The first-order valence-corrected chi connectivity index (χ1v) is 6.64. The van der Waals surface area contributed by atoms with Crippen LogP contribution in [0.5, 0.6) is 0 Å². The molecule has 1 fully saturated rings. The summed E-state index contributed by atoms with van der Waals surface area (Å²) in [5.41, 5.74) is 0.770. The highest BCUT2D eigenvalue weighted by Crippen LogP contribution is 2.24. The third-order valence-electron chi connectivity index (χ3n) is 3.64. The molecule has 0 unspecified atom stereocenters. The van der Waals surface area contributed by atoms with Crippen LogP contribution in [-0.4, -0.2) is 62.0 Å². The van der Waals surface area contributed by atoms with Gasteiger partial charge in [0.1, 0.15) is 24.9 Å². The van der Waals surface area contributed by atoms with E-state index < -0.39 is 36.7 Å². The first kappa shape index (κ1) is 15.7. The predicted octanol–water partition coefficient (Wildman–Crippen LogP) is -0.572. The molecule has 1 aliphatic heterocycles. The van der Waals surface area contributed by atoms with Crippen molar-refractivity contribution in [2.45, 2.75) is 44.1 Å². The van der Waals surface area contributed by atoms with E-state index in [4.69, 9.17) is 4.74 Å². The van der Waals surface area contributed by atoms with E-state index >= 15 is 0 Å². The molecule has 0 spiro atoms. The smallest absolute Gasteiger partial charge is 0.412 e. The Balaban J connectivity index is 2.03. The number of hydrogen-bond acceptors (Lipinski definition) is 6. The van der Waals surface area contributed by atoms with Crippen LogP contribution in [0.15, 0.2) is 30.3 Å². The second-order valence-electron chi connectivity index (χ2n) is 5.07. The second-order valence-corrected chi connectivity index (χ2v) is 5.07. The van der Waals surface area contributed by atoms with E-state index in [-0.39, 0.29) is 6.61 Å². The summed E-state index contributed by atoms with van der Waals surface area (Å²) in [6, 6.07) is 8.09. The van der Waals surface area contributed by atoms with Crippen molar-refractivity contribution < 1.29 is 30.0 Å². The molecular formula is C14H19NO6. The Labute approximate surface area is 122 Å². The Kier molecular flexibility index (Phi) is 4.79. The zero-order chi connectivity index (χ0) is 15.6. The van der Waals surface area contributed by atoms with Gasteiger partial charge in [-0.05, 0) is 12.5 Å². The van der Waals surface area contributed by atoms with Crippen LogP contribution in [0.25, 0.3) is 0 Å². The van der Waals surface area contributed by atoms with Crippen LogP contribution >= 0.6 is 0 Å². The quantitative estimate of drug-likeness (QED) is 0.582. The lowest BCUT2D eigenvalue weighted by Crippen LogP contribution is -2.66. The standard InChI is InChI=1S/C14H19NO6/c1-8-10(16)11(17)12(18)13(19)15(8)14(20)21-7-9-5-3-2-4-6-9/h2-6,8,10-13,16-19H,7H2,1H3/t8-,10-,11-,12+,13+/m0/s1. The summed E-state index contributed by atoms with van der Waals surface area (Å²) in [6.07, 6.45) is -7.05. The van der Waals surface area contributed by atoms with Gasteiger partial charge in [0.05, 0.1) is 6.04 Å². The lowest BCUT2D eigenvalue weighted by atomic mass is 9.94. The second kappa shape index (κ2) is 6.40. The lowest BCUT2D eigenvalue weighted by molar-refractivity contribution is -0.203. The fourth-order valence-corrected chi connectivity index (χ4v) is 2.30. The first-order valence-electron chi connectivity index (χ1n) is 6.64. The van der Waals surface area contributed by atoms with Gasteiger partial charge in [-0.3, -0.25) is 4.90 Å². The van der Waals surface area contributed by atoms with Gasteiger partial charge in [0.2, 0.25) is 0 Å². The van der Waals surface area contributed by atoms with Gasteiger partial charge < -0.3 is 25.2 Å². The Morgan fingerprint density at radius 3 is 2.33 bits per heavy atom. The topological polar surface area (TPSA) is 110 Å². The summed E-state index contributed by atoms with van der Waals surface area (Å²) in [4.78, 5) is 12.9. The number of nitrogens with zero attached hydrogens (tertiary/aromatic N) is 1. The largest absolute Gasteiger partial charge is 0.444 e. The van der Waals surface area contributed by atoms with Crippen molar-refractivity contribution in [2.24, 2.45) is 0 Å². The van der Waals surface area contributed by atoms with Gasteiger partial charge >= 0.3 is 6.09 Å². The minimum atomic E-state index is -1.65. The number of amides is 1. The van der Waals surface area contributed by atoms with Crippen molar-refractivity contribution in [3.05, 3.63) is 35.9 Å². The molecule has 1 amide bonds. The summed E-state index contributed by atoms with van der Waals surface area (Å²) >= 11 is 0. The van der Waals surface area contributed by atoms with Crippen molar-refractivity contribution in [3.63, 3.8) is 0 Å². The molecule has 21 heavy (non-hydrogen) atoms. The van der Waals surface area contributed by atoms with E-state index in [2.05, 4.69) is 0 Å². The van der Waals surface area contributed by atoms with Gasteiger partial charge in [0.15, 0.2) is 6.23 Å². The number of ether oxygens (including phenoxy) is 1. The van der Waals surface area contributed by atoms with Gasteiger partial charge in [-0.25, -0.2) is 4.79 Å². The van der Waals surface area contributed by atoms with Crippen LogP contribution in [0.3, 0.4) is 0 Å². The Hall–Kier alpha value is -1.67. The minimum absolute atomic E-state index is 0.00432. The van der Waals surface area contributed by atoms with Crippen LogP contribution in [0.1, 0.15) is 12.5 Å². The number of hydrogen-bond donors (Lipinski definition) is 4. The third kappa shape index (κ3) is 3.16. The molecule has 4 N–H and O–H groups in total. The molecular weight excluding hydrogens is 278 g/mol. The molecule has 116 valence electrons. The molecule has 0 aliphatic carbocycles. The van der Waals surface area contributed by atoms with Crippen molar-refractivity contribution in [1.29, 1.82) is 0 Å². The lowest BCUT2D eigenvalue weighted by Gasteiger charge is -2.44. The van der Waals surface area contributed by atoms with Crippen molar-refractivity contribution in [1.82, 2.24) is 4.90 Å². The van der Waals surface area contributed by atoms with Gasteiger partial charge in [-0.15, -0.1) is 0 Å². The van der Waals surface area contributed by atoms with Crippen molar-refractivity contribution in [3.8, 4) is 0 Å².